The van der Waals surface area contributed by atoms with Crippen molar-refractivity contribution in [3.8, 4) is 0 Å². The number of amides is 1. The van der Waals surface area contributed by atoms with Crippen molar-refractivity contribution in [2.45, 2.75) is 12.5 Å². The van der Waals surface area contributed by atoms with E-state index >= 15 is 0 Å². The lowest BCUT2D eigenvalue weighted by Gasteiger charge is -2.25. The van der Waals surface area contributed by atoms with E-state index in [9.17, 15) is 14.7 Å². The second-order valence-corrected chi connectivity index (χ2v) is 8.54. The summed E-state index contributed by atoms with van der Waals surface area (Å²) in [6, 6.07) is 10.1. The third kappa shape index (κ3) is 3.63. The largest absolute Gasteiger partial charge is 0.503 e. The summed E-state index contributed by atoms with van der Waals surface area (Å²) in [7, 11) is 1.59. The van der Waals surface area contributed by atoms with E-state index in [2.05, 4.69) is 15.9 Å². The zero-order valence-corrected chi connectivity index (χ0v) is 18.0. The standard InChI is InChI=1S/C21H18BrNO5S/c1-27-8-3-7-23-18(16-4-2-9-29-16)17(20(25)21(23)26)19(24)15-11-12-10-13(22)5-6-14(12)28-15/h2,4-6,9-11,18,25H,3,7-8H2,1H3. The van der Waals surface area contributed by atoms with Crippen LogP contribution in [0.3, 0.4) is 0 Å². The zero-order chi connectivity index (χ0) is 20.5. The van der Waals surface area contributed by atoms with E-state index in [0.29, 0.717) is 25.2 Å². The Morgan fingerprint density at radius 3 is 2.90 bits per heavy atom. The summed E-state index contributed by atoms with van der Waals surface area (Å²) in [6.07, 6.45) is 0.595. The summed E-state index contributed by atoms with van der Waals surface area (Å²) in [5, 5.41) is 13.2. The maximum Gasteiger partial charge on any atom is 0.290 e. The van der Waals surface area contributed by atoms with Gasteiger partial charge < -0.3 is 19.2 Å². The number of ether oxygens (including phenoxy) is 1. The minimum Gasteiger partial charge on any atom is -0.503 e. The highest BCUT2D eigenvalue weighted by atomic mass is 79.9. The van der Waals surface area contributed by atoms with Crippen molar-refractivity contribution in [1.29, 1.82) is 0 Å². The van der Waals surface area contributed by atoms with Gasteiger partial charge in [0.05, 0.1) is 11.6 Å². The highest BCUT2D eigenvalue weighted by Gasteiger charge is 2.44. The fraction of sp³-hybridized carbons (Fsp3) is 0.238. The van der Waals surface area contributed by atoms with Gasteiger partial charge in [0.1, 0.15) is 5.58 Å². The third-order valence-corrected chi connectivity index (χ3v) is 6.23. The Morgan fingerprint density at radius 2 is 2.17 bits per heavy atom. The second kappa shape index (κ2) is 8.14. The molecule has 0 bridgehead atoms. The van der Waals surface area contributed by atoms with Crippen molar-refractivity contribution < 1.29 is 23.8 Å². The highest BCUT2D eigenvalue weighted by molar-refractivity contribution is 9.10. The Hall–Kier alpha value is -2.42. The first kappa shape index (κ1) is 19.9. The lowest BCUT2D eigenvalue weighted by molar-refractivity contribution is -0.129. The number of furan rings is 1. The van der Waals surface area contributed by atoms with E-state index in [1.54, 1.807) is 19.2 Å². The number of benzene rings is 1. The van der Waals surface area contributed by atoms with Crippen LogP contribution in [0.4, 0.5) is 0 Å². The molecule has 29 heavy (non-hydrogen) atoms. The van der Waals surface area contributed by atoms with Crippen molar-refractivity contribution in [2.75, 3.05) is 20.3 Å². The quantitative estimate of drug-likeness (QED) is 0.389. The molecule has 3 heterocycles. The molecular weight excluding hydrogens is 458 g/mol. The number of rotatable bonds is 7. The molecule has 0 saturated carbocycles. The lowest BCUT2D eigenvalue weighted by atomic mass is 10.00. The molecule has 8 heteroatoms. The number of hydrogen-bond acceptors (Lipinski definition) is 6. The summed E-state index contributed by atoms with van der Waals surface area (Å²) in [6.45, 7) is 0.840. The van der Waals surface area contributed by atoms with E-state index in [1.807, 2.05) is 29.6 Å². The Bertz CT molecular complexity index is 1100. The van der Waals surface area contributed by atoms with Crippen molar-refractivity contribution in [1.82, 2.24) is 4.90 Å². The number of ketones is 1. The SMILES string of the molecule is COCCCN1C(=O)C(O)=C(C(=O)c2cc3cc(Br)ccc3o2)C1c1cccs1. The molecule has 2 aromatic heterocycles. The Labute approximate surface area is 179 Å². The topological polar surface area (TPSA) is 80.0 Å². The van der Waals surface area contributed by atoms with E-state index in [-0.39, 0.29) is 11.3 Å². The summed E-state index contributed by atoms with van der Waals surface area (Å²) < 4.78 is 11.7. The molecule has 0 aliphatic carbocycles. The average Bonchev–Trinajstić information content (AvgIpc) is 3.42. The molecule has 1 aliphatic heterocycles. The Balaban J connectivity index is 1.74. The number of Topliss-reactive ketones (excluding diaryl/α,β-unsaturated/α-hetero) is 1. The van der Waals surface area contributed by atoms with E-state index in [0.717, 1.165) is 14.7 Å². The molecule has 0 radical (unpaired) electrons. The maximum atomic E-state index is 13.3. The number of nitrogens with zero attached hydrogens (tertiary/aromatic N) is 1. The molecule has 1 aliphatic rings. The van der Waals surface area contributed by atoms with Crippen LogP contribution in [0.15, 0.2) is 62.0 Å². The predicted molar refractivity (Wildman–Crippen MR) is 113 cm³/mol. The molecule has 4 rings (SSSR count). The maximum absolute atomic E-state index is 13.3. The zero-order valence-electron chi connectivity index (χ0n) is 15.6. The van der Waals surface area contributed by atoms with Crippen LogP contribution in [-0.4, -0.2) is 42.0 Å². The molecular formula is C21H18BrNO5S. The van der Waals surface area contributed by atoms with Gasteiger partial charge in [-0.2, -0.15) is 0 Å². The van der Waals surface area contributed by atoms with Crippen molar-refractivity contribution >= 4 is 49.9 Å². The van der Waals surface area contributed by atoms with Gasteiger partial charge in [-0.25, -0.2) is 0 Å². The first-order valence-electron chi connectivity index (χ1n) is 9.01. The van der Waals surface area contributed by atoms with Gasteiger partial charge in [0.15, 0.2) is 11.5 Å². The highest BCUT2D eigenvalue weighted by Crippen LogP contribution is 2.41. The summed E-state index contributed by atoms with van der Waals surface area (Å²) >= 11 is 4.83. The molecule has 150 valence electrons. The summed E-state index contributed by atoms with van der Waals surface area (Å²) in [5.74, 6) is -1.47. The molecule has 3 aromatic rings. The van der Waals surface area contributed by atoms with Gasteiger partial charge in [0.2, 0.25) is 5.78 Å². The van der Waals surface area contributed by atoms with Crippen molar-refractivity contribution in [3.63, 3.8) is 0 Å². The van der Waals surface area contributed by atoms with Gasteiger partial charge >= 0.3 is 0 Å². The van der Waals surface area contributed by atoms with Crippen LogP contribution in [0.5, 0.6) is 0 Å². The number of aliphatic hydroxyl groups excluding tert-OH is 1. The van der Waals surface area contributed by atoms with E-state index in [4.69, 9.17) is 9.15 Å². The van der Waals surface area contributed by atoms with Gasteiger partial charge in [-0.05, 0) is 42.1 Å². The van der Waals surface area contributed by atoms with E-state index < -0.39 is 23.5 Å². The molecule has 6 nitrogen and oxygen atoms in total. The van der Waals surface area contributed by atoms with Crippen LogP contribution < -0.4 is 0 Å². The van der Waals surface area contributed by atoms with Crippen LogP contribution in [0, 0.1) is 0 Å². The lowest BCUT2D eigenvalue weighted by Crippen LogP contribution is -2.32. The fourth-order valence-corrected chi connectivity index (χ4v) is 4.72. The van der Waals surface area contributed by atoms with Crippen molar-refractivity contribution in [3.05, 3.63) is 68.2 Å². The van der Waals surface area contributed by atoms with Crippen molar-refractivity contribution in [2.24, 2.45) is 0 Å². The summed E-state index contributed by atoms with van der Waals surface area (Å²) in [5.41, 5.74) is 0.610. The normalized spacial score (nSPS) is 17.0. The molecule has 0 spiro atoms. The number of methoxy groups -OCH3 is 1. The van der Waals surface area contributed by atoms with Crippen LogP contribution in [0.1, 0.15) is 27.9 Å². The Morgan fingerprint density at radius 1 is 1.34 bits per heavy atom. The number of fused-ring (bicyclic) bond motifs is 1. The molecule has 1 amide bonds. The smallest absolute Gasteiger partial charge is 0.290 e. The third-order valence-electron chi connectivity index (χ3n) is 4.81. The first-order chi connectivity index (χ1) is 14.0. The van der Waals surface area contributed by atoms with Crippen LogP contribution in [0.25, 0.3) is 11.0 Å². The van der Waals surface area contributed by atoms with E-state index in [1.165, 1.54) is 16.2 Å². The number of aliphatic hydroxyl groups is 1. The van der Waals surface area contributed by atoms with Gasteiger partial charge in [-0.1, -0.05) is 22.0 Å². The molecule has 1 aromatic carbocycles. The molecule has 0 saturated heterocycles. The van der Waals surface area contributed by atoms with Gasteiger partial charge in [0.25, 0.3) is 5.91 Å². The van der Waals surface area contributed by atoms with Gasteiger partial charge in [-0.15, -0.1) is 11.3 Å². The number of carbonyl (C=O) groups is 2. The molecule has 1 unspecified atom stereocenters. The second-order valence-electron chi connectivity index (χ2n) is 6.65. The Kier molecular flexibility index (Phi) is 5.58. The monoisotopic (exact) mass is 475 g/mol. The summed E-state index contributed by atoms with van der Waals surface area (Å²) in [4.78, 5) is 28.4. The minimum absolute atomic E-state index is 0.0491. The first-order valence-corrected chi connectivity index (χ1v) is 10.7. The predicted octanol–water partition coefficient (Wildman–Crippen LogP) is 4.87. The van der Waals surface area contributed by atoms with Gasteiger partial charge in [-0.3, -0.25) is 9.59 Å². The number of halogens is 1. The van der Waals surface area contributed by atoms with Gasteiger partial charge in [0, 0.05) is 35.0 Å². The number of carbonyl (C=O) groups excluding carboxylic acids is 2. The van der Waals surface area contributed by atoms with Crippen LogP contribution >= 0.6 is 27.3 Å². The van der Waals surface area contributed by atoms with Crippen LogP contribution in [-0.2, 0) is 9.53 Å². The van der Waals surface area contributed by atoms with Crippen LogP contribution in [0.2, 0.25) is 0 Å². The average molecular weight is 476 g/mol. The minimum atomic E-state index is -0.646. The molecule has 1 N–H and O–H groups in total. The molecule has 1 atom stereocenters. The molecule has 0 fully saturated rings. The number of thiophene rings is 1. The number of hydrogen-bond donors (Lipinski definition) is 1. The fourth-order valence-electron chi connectivity index (χ4n) is 3.50.